The zero-order valence-electron chi connectivity index (χ0n) is 14.9. The fraction of sp³-hybridized carbons (Fsp3) is 0.190. The molecule has 0 saturated carbocycles. The molecule has 0 spiro atoms. The van der Waals surface area contributed by atoms with Gasteiger partial charge < -0.3 is 9.30 Å². The van der Waals surface area contributed by atoms with Crippen molar-refractivity contribution in [1.82, 2.24) is 4.57 Å². The lowest BCUT2D eigenvalue weighted by atomic mass is 10.1. The van der Waals surface area contributed by atoms with Crippen LogP contribution in [0.3, 0.4) is 0 Å². The summed E-state index contributed by atoms with van der Waals surface area (Å²) in [6.45, 7) is 1.95. The summed E-state index contributed by atoms with van der Waals surface area (Å²) < 4.78 is 45.7. The summed E-state index contributed by atoms with van der Waals surface area (Å²) in [5.41, 5.74) is 1.48. The average molecular weight is 373 g/mol. The number of allylic oxidation sites excluding steroid dienone is 1. The number of rotatable bonds is 4. The molecule has 3 aromatic rings. The van der Waals surface area contributed by atoms with Gasteiger partial charge in [0.15, 0.2) is 0 Å². The number of benzene rings is 2. The van der Waals surface area contributed by atoms with Crippen LogP contribution in [0.15, 0.2) is 54.6 Å². The van der Waals surface area contributed by atoms with E-state index < -0.39 is 17.7 Å². The number of hydrogen-bond donors (Lipinski definition) is 0. The molecule has 0 aliphatic rings. The van der Waals surface area contributed by atoms with Crippen molar-refractivity contribution in [1.29, 1.82) is 0 Å². The summed E-state index contributed by atoms with van der Waals surface area (Å²) in [6.07, 6.45) is -0.809. The fourth-order valence-corrected chi connectivity index (χ4v) is 3.18. The molecule has 0 atom stereocenters. The van der Waals surface area contributed by atoms with Crippen LogP contribution in [-0.4, -0.2) is 17.6 Å². The van der Waals surface area contributed by atoms with Gasteiger partial charge in [0.05, 0.1) is 12.7 Å². The molecular weight excluding hydrogens is 355 g/mol. The summed E-state index contributed by atoms with van der Waals surface area (Å²) in [5.74, 6) is -0.536. The molecule has 27 heavy (non-hydrogen) atoms. The van der Waals surface area contributed by atoms with E-state index in [0.29, 0.717) is 16.8 Å². The van der Waals surface area contributed by atoms with E-state index in [4.69, 9.17) is 4.74 Å². The van der Waals surface area contributed by atoms with Crippen LogP contribution >= 0.6 is 0 Å². The minimum absolute atomic E-state index is 0.117. The molecule has 1 aromatic heterocycles. The lowest BCUT2D eigenvalue weighted by Gasteiger charge is -2.12. The number of para-hydroxylation sites is 1. The number of hydrogen-bond acceptors (Lipinski definition) is 2. The van der Waals surface area contributed by atoms with Crippen LogP contribution in [0.4, 0.5) is 13.2 Å². The molecular formula is C21H18F3NO2. The predicted molar refractivity (Wildman–Crippen MR) is 98.5 cm³/mol. The van der Waals surface area contributed by atoms with E-state index in [9.17, 15) is 18.0 Å². The largest absolute Gasteiger partial charge is 0.464 e. The Kier molecular flexibility index (Phi) is 5.08. The number of ether oxygens (including phenoxy) is 1. The molecule has 140 valence electrons. The number of alkyl halides is 3. The molecule has 0 amide bonds. The van der Waals surface area contributed by atoms with Crippen LogP contribution in [0.25, 0.3) is 17.0 Å². The van der Waals surface area contributed by atoms with Gasteiger partial charge in [-0.3, -0.25) is 0 Å². The Morgan fingerprint density at radius 3 is 2.56 bits per heavy atom. The summed E-state index contributed by atoms with van der Waals surface area (Å²) in [6, 6.07) is 12.5. The molecule has 0 bridgehead atoms. The van der Waals surface area contributed by atoms with Gasteiger partial charge in [-0.25, -0.2) is 4.79 Å². The third-order valence-electron chi connectivity index (χ3n) is 4.32. The molecule has 0 unspecified atom stereocenters. The maximum absolute atomic E-state index is 13.0. The standard InChI is InChI=1S/C21H18F3NO2/c1-3-7-17-16-10-4-5-11-18(16)25(19(17)20(26)27-2)13-14-8-6-9-15(12-14)21(22,23)24/h3-12H,13H2,1-2H3/b7-3+. The van der Waals surface area contributed by atoms with Crippen molar-refractivity contribution in [3.63, 3.8) is 0 Å². The minimum atomic E-state index is -4.42. The van der Waals surface area contributed by atoms with Gasteiger partial charge in [-0.15, -0.1) is 0 Å². The van der Waals surface area contributed by atoms with Crippen molar-refractivity contribution in [2.75, 3.05) is 7.11 Å². The Morgan fingerprint density at radius 2 is 1.89 bits per heavy atom. The summed E-state index contributed by atoms with van der Waals surface area (Å²) in [4.78, 5) is 12.5. The molecule has 2 aromatic carbocycles. The lowest BCUT2D eigenvalue weighted by Crippen LogP contribution is -2.13. The highest BCUT2D eigenvalue weighted by Gasteiger charge is 2.30. The molecule has 0 saturated heterocycles. The Bertz CT molecular complexity index is 1020. The summed E-state index contributed by atoms with van der Waals surface area (Å²) >= 11 is 0. The maximum atomic E-state index is 13.0. The van der Waals surface area contributed by atoms with Crippen LogP contribution < -0.4 is 0 Å². The number of nitrogens with zero attached hydrogens (tertiary/aromatic N) is 1. The van der Waals surface area contributed by atoms with Gasteiger partial charge in [0.1, 0.15) is 5.69 Å². The Balaban J connectivity index is 2.21. The van der Waals surface area contributed by atoms with E-state index >= 15 is 0 Å². The highest BCUT2D eigenvalue weighted by atomic mass is 19.4. The van der Waals surface area contributed by atoms with E-state index in [1.807, 2.05) is 37.3 Å². The van der Waals surface area contributed by atoms with E-state index in [2.05, 4.69) is 0 Å². The van der Waals surface area contributed by atoms with Crippen molar-refractivity contribution >= 4 is 22.9 Å². The van der Waals surface area contributed by atoms with Crippen molar-refractivity contribution in [3.8, 4) is 0 Å². The monoisotopic (exact) mass is 373 g/mol. The van der Waals surface area contributed by atoms with E-state index in [1.165, 1.54) is 13.2 Å². The third kappa shape index (κ3) is 3.60. The van der Waals surface area contributed by atoms with Gasteiger partial charge in [0.25, 0.3) is 0 Å². The molecule has 3 rings (SSSR count). The first-order chi connectivity index (χ1) is 12.9. The number of carbonyl (C=O) groups is 1. The average Bonchev–Trinajstić information content (AvgIpc) is 2.95. The number of carbonyl (C=O) groups excluding carboxylic acids is 1. The highest BCUT2D eigenvalue weighted by Crippen LogP contribution is 2.32. The van der Waals surface area contributed by atoms with Crippen LogP contribution in [0, 0.1) is 0 Å². The van der Waals surface area contributed by atoms with E-state index in [1.54, 1.807) is 16.7 Å². The summed E-state index contributed by atoms with van der Waals surface area (Å²) in [5, 5.41) is 0.836. The van der Waals surface area contributed by atoms with Crippen molar-refractivity contribution < 1.29 is 22.7 Å². The van der Waals surface area contributed by atoms with Gasteiger partial charge in [0, 0.05) is 23.0 Å². The normalized spacial score (nSPS) is 12.0. The molecule has 3 nitrogen and oxygen atoms in total. The molecule has 0 radical (unpaired) electrons. The maximum Gasteiger partial charge on any atom is 0.416 e. The van der Waals surface area contributed by atoms with Gasteiger partial charge in [-0.05, 0) is 30.7 Å². The van der Waals surface area contributed by atoms with Crippen molar-refractivity contribution in [3.05, 3.63) is 77.0 Å². The first kappa shape index (κ1) is 18.8. The smallest absolute Gasteiger partial charge is 0.416 e. The van der Waals surface area contributed by atoms with Crippen LogP contribution in [0.1, 0.15) is 34.1 Å². The predicted octanol–water partition coefficient (Wildman–Crippen LogP) is 5.53. The van der Waals surface area contributed by atoms with E-state index in [0.717, 1.165) is 23.0 Å². The SMILES string of the molecule is C/C=C/c1c(C(=O)OC)n(Cc2cccc(C(F)(F)F)c2)c2ccccc12. The first-order valence-corrected chi connectivity index (χ1v) is 8.35. The second-order valence-electron chi connectivity index (χ2n) is 6.06. The molecule has 6 heteroatoms. The van der Waals surface area contributed by atoms with Crippen molar-refractivity contribution in [2.45, 2.75) is 19.6 Å². The van der Waals surface area contributed by atoms with Gasteiger partial charge in [0.2, 0.25) is 0 Å². The number of esters is 1. The molecule has 0 aliphatic carbocycles. The molecule has 0 aliphatic heterocycles. The van der Waals surface area contributed by atoms with Gasteiger partial charge in [-0.2, -0.15) is 13.2 Å². The highest BCUT2D eigenvalue weighted by molar-refractivity contribution is 6.03. The second kappa shape index (κ2) is 7.31. The zero-order valence-corrected chi connectivity index (χ0v) is 14.9. The third-order valence-corrected chi connectivity index (χ3v) is 4.32. The number of methoxy groups -OCH3 is 1. The topological polar surface area (TPSA) is 31.2 Å². The minimum Gasteiger partial charge on any atom is -0.464 e. The molecule has 1 heterocycles. The lowest BCUT2D eigenvalue weighted by molar-refractivity contribution is -0.137. The van der Waals surface area contributed by atoms with Gasteiger partial charge in [-0.1, -0.05) is 42.5 Å². The first-order valence-electron chi connectivity index (χ1n) is 8.35. The molecule has 0 N–H and O–H groups in total. The number of aromatic nitrogens is 1. The number of halogens is 3. The number of fused-ring (bicyclic) bond motifs is 1. The van der Waals surface area contributed by atoms with Crippen LogP contribution in [-0.2, 0) is 17.5 Å². The van der Waals surface area contributed by atoms with Gasteiger partial charge >= 0.3 is 12.1 Å². The van der Waals surface area contributed by atoms with Crippen LogP contribution in [0.2, 0.25) is 0 Å². The van der Waals surface area contributed by atoms with Crippen LogP contribution in [0.5, 0.6) is 0 Å². The Labute approximate surface area is 154 Å². The van der Waals surface area contributed by atoms with E-state index in [-0.39, 0.29) is 6.54 Å². The summed E-state index contributed by atoms with van der Waals surface area (Å²) in [7, 11) is 1.29. The fourth-order valence-electron chi connectivity index (χ4n) is 3.18. The Hall–Kier alpha value is -3.02. The molecule has 0 fully saturated rings. The van der Waals surface area contributed by atoms with Crippen molar-refractivity contribution in [2.24, 2.45) is 0 Å². The quantitative estimate of drug-likeness (QED) is 0.563. The second-order valence-corrected chi connectivity index (χ2v) is 6.06. The zero-order chi connectivity index (χ0) is 19.6. The Morgan fingerprint density at radius 1 is 1.15 bits per heavy atom.